The van der Waals surface area contributed by atoms with Crippen molar-refractivity contribution in [2.75, 3.05) is 10.2 Å². The van der Waals surface area contributed by atoms with Gasteiger partial charge in [0.25, 0.3) is 0 Å². The van der Waals surface area contributed by atoms with E-state index in [9.17, 15) is 0 Å². The number of hydrogen-bond acceptors (Lipinski definition) is 4. The molecule has 2 unspecified atom stereocenters. The van der Waals surface area contributed by atoms with Crippen molar-refractivity contribution < 1.29 is 0 Å². The summed E-state index contributed by atoms with van der Waals surface area (Å²) < 4.78 is 0. The largest absolute Gasteiger partial charge is 0.363 e. The number of rotatable bonds is 8. The highest BCUT2D eigenvalue weighted by Gasteiger charge is 2.30. The van der Waals surface area contributed by atoms with Gasteiger partial charge in [0.1, 0.15) is 12.0 Å². The summed E-state index contributed by atoms with van der Waals surface area (Å²) >= 11 is 0. The molecule has 4 nitrogen and oxygen atoms in total. The molecular formula is C49H40N4. The monoisotopic (exact) mass is 684 g/mol. The molecule has 0 radical (unpaired) electrons. The standard InChI is InChI=1S/C49H40N4/c1-2-48-50-43-28-12-14-30-47(43)53(48)46-29-13-11-27-42(46)41-26-10-9-25-40(41)38-23-15-21-36(31-38)37-22-16-24-39(32-37)49-51-44(34-17-5-3-6-18-34)33-45(52-49)35-19-7-4-8-20-35/h3-33,44,48,50H,2H2,1H3,(H,51,52). The Morgan fingerprint density at radius 3 is 1.81 bits per heavy atom. The summed E-state index contributed by atoms with van der Waals surface area (Å²) in [6.07, 6.45) is 3.38. The minimum atomic E-state index is 0.00250. The van der Waals surface area contributed by atoms with Crippen molar-refractivity contribution in [1.82, 2.24) is 5.32 Å². The summed E-state index contributed by atoms with van der Waals surface area (Å²) in [7, 11) is 0. The van der Waals surface area contributed by atoms with Crippen LogP contribution in [0.2, 0.25) is 0 Å². The predicted octanol–water partition coefficient (Wildman–Crippen LogP) is 12.1. The number of anilines is 3. The van der Waals surface area contributed by atoms with Crippen LogP contribution in [-0.2, 0) is 0 Å². The molecule has 0 aromatic heterocycles. The van der Waals surface area contributed by atoms with Crippen molar-refractivity contribution in [3.63, 3.8) is 0 Å². The molecule has 0 saturated heterocycles. The summed E-state index contributed by atoms with van der Waals surface area (Å²) in [6.45, 7) is 2.24. The number of nitrogens with one attached hydrogen (secondary N) is 2. The second-order valence-corrected chi connectivity index (χ2v) is 13.6. The van der Waals surface area contributed by atoms with Gasteiger partial charge in [0, 0.05) is 11.1 Å². The van der Waals surface area contributed by atoms with Crippen molar-refractivity contribution in [1.29, 1.82) is 0 Å². The van der Waals surface area contributed by atoms with Crippen LogP contribution in [-0.4, -0.2) is 12.0 Å². The lowest BCUT2D eigenvalue weighted by molar-refractivity contribution is 0.729. The Morgan fingerprint density at radius 1 is 0.491 bits per heavy atom. The van der Waals surface area contributed by atoms with Crippen LogP contribution in [0.15, 0.2) is 193 Å². The molecule has 0 fully saturated rings. The first-order valence-electron chi connectivity index (χ1n) is 18.5. The fourth-order valence-electron chi connectivity index (χ4n) is 7.69. The SMILES string of the molecule is CCC1Nc2ccccc2N1c1ccccc1-c1ccccc1-c1cccc(-c2cccc(C3=NC(c4ccccc4)=CC(c4ccccc4)N3)c2)c1. The van der Waals surface area contributed by atoms with Gasteiger partial charge >= 0.3 is 0 Å². The third-order valence-electron chi connectivity index (χ3n) is 10.3. The average molecular weight is 685 g/mol. The van der Waals surface area contributed by atoms with Crippen molar-refractivity contribution in [3.8, 4) is 33.4 Å². The van der Waals surface area contributed by atoms with Gasteiger partial charge < -0.3 is 15.5 Å². The zero-order valence-corrected chi connectivity index (χ0v) is 29.7. The van der Waals surface area contributed by atoms with Crippen LogP contribution in [0.1, 0.15) is 36.1 Å². The Kier molecular flexibility index (Phi) is 8.63. The van der Waals surface area contributed by atoms with Gasteiger partial charge in [0.05, 0.1) is 28.8 Å². The first-order valence-corrected chi connectivity index (χ1v) is 18.5. The van der Waals surface area contributed by atoms with Crippen LogP contribution in [0.25, 0.3) is 39.1 Å². The lowest BCUT2D eigenvalue weighted by Crippen LogP contribution is -2.31. The number of hydrogen-bond donors (Lipinski definition) is 2. The van der Waals surface area contributed by atoms with Crippen molar-refractivity contribution >= 4 is 28.6 Å². The summed E-state index contributed by atoms with van der Waals surface area (Å²) in [5.41, 5.74) is 15.0. The van der Waals surface area contributed by atoms with Crippen LogP contribution in [0, 0.1) is 0 Å². The predicted molar refractivity (Wildman–Crippen MR) is 222 cm³/mol. The maximum Gasteiger partial charge on any atom is 0.134 e. The molecule has 256 valence electrons. The molecular weight excluding hydrogens is 645 g/mol. The molecule has 2 aliphatic heterocycles. The highest BCUT2D eigenvalue weighted by Crippen LogP contribution is 2.46. The number of fused-ring (bicyclic) bond motifs is 1. The van der Waals surface area contributed by atoms with Crippen LogP contribution < -0.4 is 15.5 Å². The molecule has 2 heterocycles. The van der Waals surface area contributed by atoms with Gasteiger partial charge in [0.15, 0.2) is 0 Å². The van der Waals surface area contributed by atoms with Gasteiger partial charge in [-0.2, -0.15) is 0 Å². The number of nitrogens with zero attached hydrogens (tertiary/aromatic N) is 2. The van der Waals surface area contributed by atoms with Crippen LogP contribution in [0.3, 0.4) is 0 Å². The molecule has 2 aliphatic rings. The van der Waals surface area contributed by atoms with E-state index in [1.165, 1.54) is 44.9 Å². The topological polar surface area (TPSA) is 39.7 Å². The molecule has 0 aliphatic carbocycles. The highest BCUT2D eigenvalue weighted by atomic mass is 15.3. The first kappa shape index (κ1) is 32.3. The molecule has 0 spiro atoms. The molecule has 0 bridgehead atoms. The Hall–Kier alpha value is -6.65. The Bertz CT molecular complexity index is 2470. The summed E-state index contributed by atoms with van der Waals surface area (Å²) in [6, 6.07) is 64.9. The zero-order valence-electron chi connectivity index (χ0n) is 29.7. The maximum absolute atomic E-state index is 5.17. The van der Waals surface area contributed by atoms with E-state index < -0.39 is 0 Å². The van der Waals surface area contributed by atoms with E-state index >= 15 is 0 Å². The van der Waals surface area contributed by atoms with Crippen LogP contribution >= 0.6 is 0 Å². The minimum Gasteiger partial charge on any atom is -0.363 e. The number of amidine groups is 1. The van der Waals surface area contributed by atoms with Crippen molar-refractivity contribution in [3.05, 3.63) is 205 Å². The lowest BCUT2D eigenvalue weighted by Gasteiger charge is -2.29. The summed E-state index contributed by atoms with van der Waals surface area (Å²) in [5, 5.41) is 7.48. The van der Waals surface area contributed by atoms with E-state index in [0.29, 0.717) is 0 Å². The van der Waals surface area contributed by atoms with Gasteiger partial charge in [0.2, 0.25) is 0 Å². The summed E-state index contributed by atoms with van der Waals surface area (Å²) in [5.74, 6) is 0.864. The highest BCUT2D eigenvalue weighted by molar-refractivity contribution is 6.04. The number of para-hydroxylation sites is 3. The number of benzene rings is 7. The minimum absolute atomic E-state index is 0.00250. The van der Waals surface area contributed by atoms with E-state index in [0.717, 1.165) is 40.2 Å². The van der Waals surface area contributed by atoms with Crippen molar-refractivity contribution in [2.24, 2.45) is 4.99 Å². The van der Waals surface area contributed by atoms with E-state index in [4.69, 9.17) is 4.99 Å². The maximum atomic E-state index is 5.17. The van der Waals surface area contributed by atoms with Gasteiger partial charge in [-0.3, -0.25) is 0 Å². The van der Waals surface area contributed by atoms with Crippen LogP contribution in [0.4, 0.5) is 17.1 Å². The Morgan fingerprint density at radius 2 is 1.06 bits per heavy atom. The molecule has 7 aromatic rings. The molecule has 2 atom stereocenters. The van der Waals surface area contributed by atoms with Crippen LogP contribution in [0.5, 0.6) is 0 Å². The quantitative estimate of drug-likeness (QED) is 0.167. The zero-order chi connectivity index (χ0) is 35.6. The fraction of sp³-hybridized carbons (Fsp3) is 0.0816. The third kappa shape index (κ3) is 6.30. The molecule has 2 N–H and O–H groups in total. The van der Waals surface area contributed by atoms with E-state index in [1.54, 1.807) is 0 Å². The van der Waals surface area contributed by atoms with Crippen molar-refractivity contribution in [2.45, 2.75) is 25.6 Å². The molecule has 7 aromatic carbocycles. The molecule has 9 rings (SSSR count). The van der Waals surface area contributed by atoms with E-state index in [2.05, 4.69) is 204 Å². The normalized spacial score (nSPS) is 16.2. The summed E-state index contributed by atoms with van der Waals surface area (Å²) in [4.78, 5) is 7.63. The number of aliphatic imine (C=N–C) groups is 1. The first-order chi connectivity index (χ1) is 26.2. The second kappa shape index (κ2) is 14.2. The molecule has 0 amide bonds. The Balaban J connectivity index is 1.08. The molecule has 53 heavy (non-hydrogen) atoms. The lowest BCUT2D eigenvalue weighted by atomic mass is 9.91. The van der Waals surface area contributed by atoms with Gasteiger partial charge in [-0.15, -0.1) is 0 Å². The molecule has 4 heteroatoms. The van der Waals surface area contributed by atoms with E-state index in [-0.39, 0.29) is 12.2 Å². The average Bonchev–Trinajstić information content (AvgIpc) is 3.63. The Labute approximate surface area is 311 Å². The van der Waals surface area contributed by atoms with Gasteiger partial charge in [-0.1, -0.05) is 159 Å². The smallest absolute Gasteiger partial charge is 0.134 e. The fourth-order valence-corrected chi connectivity index (χ4v) is 7.69. The van der Waals surface area contributed by atoms with Gasteiger partial charge in [-0.25, -0.2) is 4.99 Å². The second-order valence-electron chi connectivity index (χ2n) is 13.6. The third-order valence-corrected chi connectivity index (χ3v) is 10.3. The molecule has 0 saturated carbocycles. The van der Waals surface area contributed by atoms with E-state index in [1.807, 2.05) is 6.07 Å². The van der Waals surface area contributed by atoms with Gasteiger partial charge in [-0.05, 0) is 81.8 Å².